The van der Waals surface area contributed by atoms with E-state index in [1.807, 2.05) is 71.7 Å². The monoisotopic (exact) mass is 1500 g/mol. The number of amides is 12. The highest BCUT2D eigenvalue weighted by atomic mass is 32.1. The first-order chi connectivity index (χ1) is 50.2. The lowest BCUT2D eigenvalue weighted by atomic mass is 9.89. The fraction of sp³-hybridized carbons (Fsp3) is 0.610. The number of imide groups is 1. The van der Waals surface area contributed by atoms with Crippen LogP contribution in [0.2, 0.25) is 0 Å². The van der Waals surface area contributed by atoms with Gasteiger partial charge in [0.2, 0.25) is 53.2 Å². The zero-order valence-corrected chi connectivity index (χ0v) is 65.1. The number of carboxylic acids is 1. The highest BCUT2D eigenvalue weighted by Crippen LogP contribution is 2.31. The molecule has 0 saturated carbocycles. The zero-order chi connectivity index (χ0) is 78.6. The van der Waals surface area contributed by atoms with Gasteiger partial charge < -0.3 is 66.8 Å². The second-order valence-electron chi connectivity index (χ2n) is 29.0. The first kappa shape index (κ1) is 88.0. The predicted molar refractivity (Wildman–Crippen MR) is 406 cm³/mol. The lowest BCUT2D eigenvalue weighted by Crippen LogP contribution is -2.60. The van der Waals surface area contributed by atoms with Crippen molar-refractivity contribution in [1.29, 1.82) is 0 Å². The lowest BCUT2D eigenvalue weighted by Gasteiger charge is -2.41. The number of benzene rings is 3. The van der Waals surface area contributed by atoms with Crippen LogP contribution in [0.3, 0.4) is 0 Å². The van der Waals surface area contributed by atoms with E-state index < -0.39 is 101 Å². The number of thiol groups is 1. The van der Waals surface area contributed by atoms with Gasteiger partial charge >= 0.3 is 18.1 Å². The van der Waals surface area contributed by atoms with Gasteiger partial charge in [0.05, 0.1) is 47.9 Å². The minimum atomic E-state index is -1.18. The first-order valence-corrected chi connectivity index (χ1v) is 37.5. The summed E-state index contributed by atoms with van der Waals surface area (Å²) in [7, 11) is 8.12. The number of primary amides is 1. The van der Waals surface area contributed by atoms with Crippen molar-refractivity contribution in [3.63, 3.8) is 0 Å². The summed E-state index contributed by atoms with van der Waals surface area (Å²) in [6.07, 6.45) is 2.33. The Labute approximate surface area is 630 Å². The van der Waals surface area contributed by atoms with E-state index in [1.54, 1.807) is 105 Å². The zero-order valence-electron chi connectivity index (χ0n) is 64.2. The number of anilines is 2. The molecule has 29 heteroatoms. The number of rotatable bonds is 43. The maximum absolute atomic E-state index is 14.9. The van der Waals surface area contributed by atoms with Gasteiger partial charge in [-0.05, 0) is 117 Å². The molecule has 12 amide bonds. The van der Waals surface area contributed by atoms with Gasteiger partial charge in [-0.15, -0.1) is 0 Å². The summed E-state index contributed by atoms with van der Waals surface area (Å²) >= 11 is 4.15. The van der Waals surface area contributed by atoms with Crippen LogP contribution in [0.25, 0.3) is 0 Å². The number of ether oxygens (including phenoxy) is 3. The molecule has 9 N–H and O–H groups in total. The quantitative estimate of drug-likeness (QED) is 0.0167. The van der Waals surface area contributed by atoms with Crippen LogP contribution in [0.5, 0.6) is 0 Å². The Balaban J connectivity index is 1.13. The van der Waals surface area contributed by atoms with Crippen LogP contribution in [0.15, 0.2) is 78.9 Å². The fourth-order valence-corrected chi connectivity index (χ4v) is 14.0. The molecule has 586 valence electrons. The number of nitrogens with two attached hydrogens (primary N) is 1. The summed E-state index contributed by atoms with van der Waals surface area (Å²) in [4.78, 5) is 167. The van der Waals surface area contributed by atoms with E-state index in [1.165, 1.54) is 24.0 Å². The molecule has 106 heavy (non-hydrogen) atoms. The Bertz CT molecular complexity index is 3420. The summed E-state index contributed by atoms with van der Waals surface area (Å²) < 4.78 is 17.7. The molecule has 1 unspecified atom stereocenters. The van der Waals surface area contributed by atoms with Crippen molar-refractivity contribution in [3.8, 4) is 0 Å². The number of carbonyl (C=O) groups excluding carboxylic acids is 11. The molecule has 5 rings (SSSR count). The van der Waals surface area contributed by atoms with Crippen molar-refractivity contribution in [2.24, 2.45) is 35.3 Å². The molecule has 0 spiro atoms. The van der Waals surface area contributed by atoms with E-state index in [-0.39, 0.29) is 117 Å². The molecule has 0 aliphatic carbocycles. The highest BCUT2D eigenvalue weighted by Gasteiger charge is 2.44. The molecule has 0 radical (unpaired) electrons. The van der Waals surface area contributed by atoms with Crippen LogP contribution in [0, 0.1) is 29.6 Å². The van der Waals surface area contributed by atoms with Gasteiger partial charge in [-0.2, -0.15) is 12.6 Å². The van der Waals surface area contributed by atoms with Crippen LogP contribution >= 0.6 is 12.6 Å². The maximum Gasteiger partial charge on any atom is 0.414 e. The van der Waals surface area contributed by atoms with Gasteiger partial charge in [0, 0.05) is 85.1 Å². The van der Waals surface area contributed by atoms with E-state index >= 15 is 0 Å². The van der Waals surface area contributed by atoms with Crippen molar-refractivity contribution in [2.75, 3.05) is 71.8 Å². The number of nitrogens with zero attached hydrogens (tertiary/aromatic N) is 5. The third-order valence-corrected chi connectivity index (χ3v) is 20.5. The number of unbranched alkanes of at least 4 members (excludes halogenated alkanes) is 2. The third kappa shape index (κ3) is 26.1. The summed E-state index contributed by atoms with van der Waals surface area (Å²) in [6, 6.07) is 16.3. The number of aliphatic carboxylic acids is 1. The maximum atomic E-state index is 14.9. The second kappa shape index (κ2) is 43.2. The van der Waals surface area contributed by atoms with E-state index in [0.717, 1.165) is 11.1 Å². The van der Waals surface area contributed by atoms with Crippen molar-refractivity contribution in [1.82, 2.24) is 46.2 Å². The van der Waals surface area contributed by atoms with Crippen molar-refractivity contribution < 1.29 is 76.9 Å². The molecule has 3 aromatic carbocycles. The van der Waals surface area contributed by atoms with Gasteiger partial charge in [0.15, 0.2) is 0 Å². The average Bonchev–Trinajstić information content (AvgIpc) is 1.38. The molecule has 2 fully saturated rings. The van der Waals surface area contributed by atoms with Gasteiger partial charge in [-0.1, -0.05) is 130 Å². The van der Waals surface area contributed by atoms with Gasteiger partial charge in [0.1, 0.15) is 30.8 Å². The standard InChI is InChI=1S/C77H116N12O16S/c1-15-49(8)67(59(103-13)43-62(91)88-40-23-27-58(88)68(104-14)50(9)69(93)82-57(75(99)100)42-52-24-18-16-19-25-52)87(12)74(98)65(47(4)5)84-72(96)66(48(6)7)85(10)41-37-51-31-35-55(36-32-51)86(11)77(102)105-45-53-29-33-54(34-30-53)80-70(94)56(26-22-38-79-76(78)101)81-71(95)64(46(2)3)83-61(90)28-20-17-21-39-89-63(92)44-60(106)73(89)97/h16,18-19,24-25,29-36,46-50,56-60,64-68,106H,15,17,20-23,26-28,37-45H2,1-14H3,(H,80,94)(H,81,95)(H,82,93)(H,83,90)(H,84,96)(H,99,100)(H3,78,79,101)/t49-,50+,56-,57-,58-,59+,60?,64-,65-,66-,67-,68+/m0/s1. The minimum absolute atomic E-state index is 0.0678. The lowest BCUT2D eigenvalue weighted by molar-refractivity contribution is -0.148. The highest BCUT2D eigenvalue weighted by molar-refractivity contribution is 7.81. The number of carbonyl (C=O) groups is 12. The van der Waals surface area contributed by atoms with Crippen molar-refractivity contribution in [3.05, 3.63) is 95.6 Å². The molecular formula is C77H116N12O16S. The van der Waals surface area contributed by atoms with Crippen LogP contribution in [-0.4, -0.2) is 217 Å². The van der Waals surface area contributed by atoms with E-state index in [2.05, 4.69) is 44.5 Å². The van der Waals surface area contributed by atoms with Gasteiger partial charge in [0.25, 0.3) is 0 Å². The SMILES string of the molecule is CC[C@H](C)[C@@H]([C@@H](CC(=O)N1CCC[C@H]1[C@H](OC)[C@@H](C)C(=O)N[C@@H](Cc1ccccc1)C(=O)O)OC)N(C)C(=O)[C@@H](NC(=O)[C@H](C(C)C)N(C)CCc1ccc(N(C)C(=O)OCc2ccc(NC(=O)[C@H](CCCNC(N)=O)NC(=O)[C@@H](NC(=O)CCCCCN3C(=O)CC(S)C3=O)C(C)C)cc2)cc1)C(C)C. The minimum Gasteiger partial charge on any atom is -0.480 e. The Morgan fingerprint density at radius 2 is 1.35 bits per heavy atom. The molecule has 0 bridgehead atoms. The number of likely N-dealkylation sites (tertiary alicyclic amines) is 2. The first-order valence-electron chi connectivity index (χ1n) is 37.0. The summed E-state index contributed by atoms with van der Waals surface area (Å²) in [5.41, 5.74) is 8.50. The Hall–Kier alpha value is -8.67. The number of likely N-dealkylation sites (N-methyl/N-ethyl adjacent to an activating group) is 2. The number of hydrogen-bond donors (Lipinski definition) is 9. The molecule has 2 aliphatic heterocycles. The van der Waals surface area contributed by atoms with Crippen LogP contribution in [0.1, 0.15) is 150 Å². The Kier molecular flexibility index (Phi) is 35.9. The Morgan fingerprint density at radius 1 is 0.708 bits per heavy atom. The predicted octanol–water partition coefficient (Wildman–Crippen LogP) is 6.46. The summed E-state index contributed by atoms with van der Waals surface area (Å²) in [6.45, 7) is 18.0. The van der Waals surface area contributed by atoms with E-state index in [9.17, 15) is 62.6 Å². The summed E-state index contributed by atoms with van der Waals surface area (Å²) in [5.74, 6) is -6.49. The third-order valence-electron chi connectivity index (χ3n) is 20.1. The van der Waals surface area contributed by atoms with E-state index in [0.29, 0.717) is 75.0 Å². The molecule has 28 nitrogen and oxygen atoms in total. The molecule has 3 aromatic rings. The average molecular weight is 1500 g/mol. The van der Waals surface area contributed by atoms with Crippen molar-refractivity contribution in [2.45, 2.75) is 212 Å². The topological polar surface area (TPSA) is 367 Å². The summed E-state index contributed by atoms with van der Waals surface area (Å²) in [5, 5.41) is 26.0. The van der Waals surface area contributed by atoms with Gasteiger partial charge in [-0.25, -0.2) is 14.4 Å². The van der Waals surface area contributed by atoms with Crippen molar-refractivity contribution >= 4 is 95.3 Å². The molecule has 2 heterocycles. The smallest absolute Gasteiger partial charge is 0.414 e. The van der Waals surface area contributed by atoms with Gasteiger partial charge in [-0.3, -0.25) is 57.9 Å². The molecular weight excluding hydrogens is 1380 g/mol. The molecule has 2 aliphatic rings. The largest absolute Gasteiger partial charge is 0.480 e. The number of nitrogens with one attached hydrogen (secondary N) is 6. The van der Waals surface area contributed by atoms with E-state index in [4.69, 9.17) is 19.9 Å². The van der Waals surface area contributed by atoms with Crippen LogP contribution in [0.4, 0.5) is 21.0 Å². The Morgan fingerprint density at radius 3 is 1.92 bits per heavy atom. The fourth-order valence-electron chi connectivity index (χ4n) is 13.7. The second-order valence-corrected chi connectivity index (χ2v) is 29.6. The molecule has 0 aromatic heterocycles. The number of carboxylic acid groups (broad SMARTS) is 1. The number of hydrogen-bond acceptors (Lipinski definition) is 17. The van der Waals surface area contributed by atoms with Crippen LogP contribution < -0.4 is 42.5 Å². The van der Waals surface area contributed by atoms with Crippen LogP contribution in [-0.2, 0) is 81.6 Å². The molecule has 12 atom stereocenters. The number of urea groups is 1. The molecule has 2 saturated heterocycles. The number of methoxy groups -OCH3 is 2. The normalized spacial score (nSPS) is 17.3.